The number of amides is 1. The monoisotopic (exact) mass is 300 g/mol. The Bertz CT molecular complexity index is 839. The summed E-state index contributed by atoms with van der Waals surface area (Å²) in [6.45, 7) is 3.45. The number of aryl methyl sites for hydroxylation is 1. The molecule has 1 N–H and O–H groups in total. The van der Waals surface area contributed by atoms with Crippen LogP contribution in [0, 0.1) is 6.92 Å². The second kappa shape index (κ2) is 5.22. The molecule has 0 saturated carbocycles. The van der Waals surface area contributed by atoms with Crippen LogP contribution in [0.1, 0.15) is 12.5 Å². The van der Waals surface area contributed by atoms with Crippen molar-refractivity contribution in [1.82, 2.24) is 4.98 Å². The lowest BCUT2D eigenvalue weighted by Crippen LogP contribution is -2.05. The number of rotatable bonds is 2. The van der Waals surface area contributed by atoms with Crippen molar-refractivity contribution >= 4 is 34.3 Å². The molecule has 1 heterocycles. The topological polar surface area (TPSA) is 55.1 Å². The standard InChI is InChI=1S/C16H13ClN2O2/c1-9-3-6-15-14(7-9)19-16(21-15)12-5-4-11(8-13(12)17)18-10(2)20/h3-8H,1-2H3,(H,18,20). The molecule has 0 spiro atoms. The smallest absolute Gasteiger partial charge is 0.228 e. The molecule has 106 valence electrons. The zero-order chi connectivity index (χ0) is 15.0. The molecule has 0 bridgehead atoms. The molecular weight excluding hydrogens is 288 g/mol. The number of oxazole rings is 1. The van der Waals surface area contributed by atoms with Crippen molar-refractivity contribution in [3.05, 3.63) is 47.0 Å². The van der Waals surface area contributed by atoms with E-state index in [2.05, 4.69) is 10.3 Å². The molecule has 1 aromatic heterocycles. The van der Waals surface area contributed by atoms with E-state index in [1.165, 1.54) is 6.92 Å². The second-order valence-corrected chi connectivity index (χ2v) is 5.27. The van der Waals surface area contributed by atoms with E-state index in [-0.39, 0.29) is 5.91 Å². The van der Waals surface area contributed by atoms with Gasteiger partial charge >= 0.3 is 0 Å². The van der Waals surface area contributed by atoms with Gasteiger partial charge in [0.15, 0.2) is 5.58 Å². The molecule has 0 unspecified atom stereocenters. The Morgan fingerprint density at radius 1 is 1.24 bits per heavy atom. The number of halogens is 1. The Hall–Kier alpha value is -2.33. The molecule has 4 nitrogen and oxygen atoms in total. The van der Waals surface area contributed by atoms with E-state index < -0.39 is 0 Å². The van der Waals surface area contributed by atoms with Crippen LogP contribution in [0.5, 0.6) is 0 Å². The van der Waals surface area contributed by atoms with Gasteiger partial charge in [0.25, 0.3) is 0 Å². The van der Waals surface area contributed by atoms with E-state index >= 15 is 0 Å². The number of hydrogen-bond acceptors (Lipinski definition) is 3. The molecule has 3 rings (SSSR count). The van der Waals surface area contributed by atoms with Crippen LogP contribution in [-0.2, 0) is 4.79 Å². The molecule has 0 fully saturated rings. The summed E-state index contributed by atoms with van der Waals surface area (Å²) in [5.74, 6) is 0.325. The Labute approximate surface area is 126 Å². The lowest BCUT2D eigenvalue weighted by molar-refractivity contribution is -0.114. The highest BCUT2D eigenvalue weighted by Gasteiger charge is 2.12. The molecule has 5 heteroatoms. The predicted molar refractivity (Wildman–Crippen MR) is 83.5 cm³/mol. The molecule has 0 aliphatic rings. The average Bonchev–Trinajstić information content (AvgIpc) is 2.80. The molecule has 0 aliphatic carbocycles. The van der Waals surface area contributed by atoms with Crippen LogP contribution in [-0.4, -0.2) is 10.9 Å². The first kappa shape index (κ1) is 13.6. The summed E-state index contributed by atoms with van der Waals surface area (Å²) in [6.07, 6.45) is 0. The fourth-order valence-corrected chi connectivity index (χ4v) is 2.38. The van der Waals surface area contributed by atoms with Crippen LogP contribution < -0.4 is 5.32 Å². The zero-order valence-electron chi connectivity index (χ0n) is 11.6. The van der Waals surface area contributed by atoms with Gasteiger partial charge < -0.3 is 9.73 Å². The molecule has 0 atom stereocenters. The van der Waals surface area contributed by atoms with Crippen molar-refractivity contribution < 1.29 is 9.21 Å². The number of benzene rings is 2. The highest BCUT2D eigenvalue weighted by atomic mass is 35.5. The van der Waals surface area contributed by atoms with Gasteiger partial charge in [-0.25, -0.2) is 4.98 Å². The van der Waals surface area contributed by atoms with Crippen LogP contribution in [0.3, 0.4) is 0 Å². The Kier molecular flexibility index (Phi) is 3.39. The van der Waals surface area contributed by atoms with Crippen molar-refractivity contribution in [2.75, 3.05) is 5.32 Å². The summed E-state index contributed by atoms with van der Waals surface area (Å²) in [5, 5.41) is 3.16. The first-order valence-corrected chi connectivity index (χ1v) is 6.85. The second-order valence-electron chi connectivity index (χ2n) is 4.87. The van der Waals surface area contributed by atoms with Gasteiger partial charge in [-0.3, -0.25) is 4.79 Å². The number of aromatic nitrogens is 1. The number of nitrogens with one attached hydrogen (secondary N) is 1. The van der Waals surface area contributed by atoms with Crippen molar-refractivity contribution in [2.45, 2.75) is 13.8 Å². The summed E-state index contributed by atoms with van der Waals surface area (Å²) in [7, 11) is 0. The lowest BCUT2D eigenvalue weighted by atomic mass is 10.2. The maximum absolute atomic E-state index is 11.0. The normalized spacial score (nSPS) is 10.8. The van der Waals surface area contributed by atoms with E-state index in [9.17, 15) is 4.79 Å². The van der Waals surface area contributed by atoms with Crippen LogP contribution in [0.15, 0.2) is 40.8 Å². The van der Waals surface area contributed by atoms with E-state index in [1.54, 1.807) is 18.2 Å². The quantitative estimate of drug-likeness (QED) is 0.762. The van der Waals surface area contributed by atoms with Crippen molar-refractivity contribution in [3.8, 4) is 11.5 Å². The summed E-state index contributed by atoms with van der Waals surface area (Å²) in [4.78, 5) is 15.5. The van der Waals surface area contributed by atoms with E-state index in [0.29, 0.717) is 22.2 Å². The molecule has 2 aromatic carbocycles. The average molecular weight is 301 g/mol. The van der Waals surface area contributed by atoms with Gasteiger partial charge in [0.1, 0.15) is 5.52 Å². The number of hydrogen-bond donors (Lipinski definition) is 1. The van der Waals surface area contributed by atoms with Crippen LogP contribution in [0.4, 0.5) is 5.69 Å². The van der Waals surface area contributed by atoms with Gasteiger partial charge in [0.2, 0.25) is 11.8 Å². The minimum atomic E-state index is -0.142. The number of carbonyl (C=O) groups is 1. The first-order valence-electron chi connectivity index (χ1n) is 6.47. The third kappa shape index (κ3) is 2.76. The van der Waals surface area contributed by atoms with Crippen LogP contribution in [0.2, 0.25) is 5.02 Å². The molecule has 1 amide bonds. The zero-order valence-corrected chi connectivity index (χ0v) is 12.4. The Morgan fingerprint density at radius 2 is 2.05 bits per heavy atom. The van der Waals surface area contributed by atoms with E-state index in [1.807, 2.05) is 25.1 Å². The number of carbonyl (C=O) groups excluding carboxylic acids is 1. The minimum absolute atomic E-state index is 0.142. The third-order valence-corrected chi connectivity index (χ3v) is 3.38. The molecule has 3 aromatic rings. The fourth-order valence-electron chi connectivity index (χ4n) is 2.12. The summed E-state index contributed by atoms with van der Waals surface area (Å²) < 4.78 is 5.73. The van der Waals surface area contributed by atoms with Crippen LogP contribution in [0.25, 0.3) is 22.6 Å². The Morgan fingerprint density at radius 3 is 2.76 bits per heavy atom. The number of nitrogens with zero attached hydrogens (tertiary/aromatic N) is 1. The van der Waals surface area contributed by atoms with Gasteiger partial charge in [-0.2, -0.15) is 0 Å². The highest BCUT2D eigenvalue weighted by Crippen LogP contribution is 2.32. The molecule has 21 heavy (non-hydrogen) atoms. The maximum atomic E-state index is 11.0. The summed E-state index contributed by atoms with van der Waals surface area (Å²) in [5.41, 5.74) is 3.97. The largest absolute Gasteiger partial charge is 0.436 e. The highest BCUT2D eigenvalue weighted by molar-refractivity contribution is 6.33. The number of anilines is 1. The number of fused-ring (bicyclic) bond motifs is 1. The molecule has 0 radical (unpaired) electrons. The minimum Gasteiger partial charge on any atom is -0.436 e. The summed E-state index contributed by atoms with van der Waals surface area (Å²) in [6, 6.07) is 11.0. The van der Waals surface area contributed by atoms with Crippen molar-refractivity contribution in [3.63, 3.8) is 0 Å². The fraction of sp³-hybridized carbons (Fsp3) is 0.125. The predicted octanol–water partition coefficient (Wildman–Crippen LogP) is 4.42. The SMILES string of the molecule is CC(=O)Nc1ccc(-c2nc3cc(C)ccc3o2)c(Cl)c1. The van der Waals surface area contributed by atoms with Gasteiger partial charge in [0.05, 0.1) is 10.6 Å². The van der Waals surface area contributed by atoms with Crippen molar-refractivity contribution in [1.29, 1.82) is 0 Å². The van der Waals surface area contributed by atoms with E-state index in [4.69, 9.17) is 16.0 Å². The summed E-state index contributed by atoms with van der Waals surface area (Å²) >= 11 is 6.25. The molecular formula is C16H13ClN2O2. The van der Waals surface area contributed by atoms with Gasteiger partial charge in [-0.05, 0) is 42.8 Å². The van der Waals surface area contributed by atoms with Crippen LogP contribution >= 0.6 is 11.6 Å². The van der Waals surface area contributed by atoms with Gasteiger partial charge in [-0.1, -0.05) is 17.7 Å². The first-order chi connectivity index (χ1) is 10.0. The molecule has 0 aliphatic heterocycles. The van der Waals surface area contributed by atoms with Crippen molar-refractivity contribution in [2.24, 2.45) is 0 Å². The molecule has 0 saturated heterocycles. The maximum Gasteiger partial charge on any atom is 0.228 e. The van der Waals surface area contributed by atoms with Gasteiger partial charge in [0, 0.05) is 12.6 Å². The van der Waals surface area contributed by atoms with E-state index in [0.717, 1.165) is 16.7 Å². The third-order valence-electron chi connectivity index (χ3n) is 3.06. The van der Waals surface area contributed by atoms with Gasteiger partial charge in [-0.15, -0.1) is 0 Å². The Balaban J connectivity index is 2.03. The lowest BCUT2D eigenvalue weighted by Gasteiger charge is -2.04.